The van der Waals surface area contributed by atoms with Crippen LogP contribution in [0.5, 0.6) is 5.75 Å². The van der Waals surface area contributed by atoms with E-state index in [1.807, 2.05) is 12.1 Å². The van der Waals surface area contributed by atoms with Crippen molar-refractivity contribution in [3.63, 3.8) is 0 Å². The lowest BCUT2D eigenvalue weighted by Crippen LogP contribution is -2.25. The number of phenols is 1. The fourth-order valence-electron chi connectivity index (χ4n) is 3.98. The number of rotatable bonds is 11. The van der Waals surface area contributed by atoms with Crippen LogP contribution in [0.3, 0.4) is 0 Å². The molecule has 3 aromatic rings. The van der Waals surface area contributed by atoms with Crippen molar-refractivity contribution in [3.8, 4) is 5.75 Å². The van der Waals surface area contributed by atoms with E-state index in [0.717, 1.165) is 43.6 Å². The number of halogens is 3. The third kappa shape index (κ3) is 7.49. The van der Waals surface area contributed by atoms with Crippen molar-refractivity contribution in [2.24, 2.45) is 0 Å². The summed E-state index contributed by atoms with van der Waals surface area (Å²) < 4.78 is 38.8. The van der Waals surface area contributed by atoms with Crippen molar-refractivity contribution in [2.45, 2.75) is 46.0 Å². The van der Waals surface area contributed by atoms with Gasteiger partial charge in [0, 0.05) is 41.2 Å². The van der Waals surface area contributed by atoms with Gasteiger partial charge in [-0.1, -0.05) is 38.1 Å². The molecule has 0 radical (unpaired) electrons. The van der Waals surface area contributed by atoms with E-state index < -0.39 is 11.7 Å². The van der Waals surface area contributed by atoms with Crippen LogP contribution < -0.4 is 10.6 Å². The molecule has 0 fully saturated rings. The van der Waals surface area contributed by atoms with Crippen LogP contribution in [0.1, 0.15) is 53.7 Å². The van der Waals surface area contributed by atoms with E-state index >= 15 is 0 Å². The van der Waals surface area contributed by atoms with Gasteiger partial charge < -0.3 is 15.7 Å². The molecule has 0 unspecified atom stereocenters. The van der Waals surface area contributed by atoms with Gasteiger partial charge in [0.05, 0.1) is 5.56 Å². The number of benzene rings is 3. The largest absolute Gasteiger partial charge is 0.507 e. The Balaban J connectivity index is 1.61. The Morgan fingerprint density at radius 1 is 0.889 bits per heavy atom. The van der Waals surface area contributed by atoms with E-state index in [2.05, 4.69) is 29.4 Å². The van der Waals surface area contributed by atoms with Crippen molar-refractivity contribution < 1.29 is 23.1 Å². The molecule has 36 heavy (non-hydrogen) atoms. The Bertz CT molecular complexity index is 1140. The fraction of sp³-hybridized carbons (Fsp3) is 0.321. The molecule has 0 aliphatic carbocycles. The van der Waals surface area contributed by atoms with Gasteiger partial charge in [0.25, 0.3) is 5.91 Å². The summed E-state index contributed by atoms with van der Waals surface area (Å²) in [5.41, 5.74) is 1.98. The van der Waals surface area contributed by atoms with Gasteiger partial charge in [-0.05, 0) is 68.4 Å². The highest BCUT2D eigenvalue weighted by atomic mass is 19.4. The van der Waals surface area contributed by atoms with Crippen LogP contribution in [-0.4, -0.2) is 29.0 Å². The molecule has 8 heteroatoms. The number of para-hydroxylation sites is 1. The van der Waals surface area contributed by atoms with Crippen LogP contribution in [0.15, 0.2) is 66.7 Å². The molecular weight excluding hydrogens is 467 g/mol. The predicted molar refractivity (Wildman–Crippen MR) is 136 cm³/mol. The molecule has 0 aliphatic rings. The number of carbonyl (C=O) groups excluding carboxylic acids is 1. The molecule has 3 rings (SSSR count). The van der Waals surface area contributed by atoms with Gasteiger partial charge in [0.2, 0.25) is 0 Å². The van der Waals surface area contributed by atoms with Gasteiger partial charge in [-0.15, -0.1) is 0 Å². The van der Waals surface area contributed by atoms with Crippen molar-refractivity contribution in [3.05, 3.63) is 89.0 Å². The number of phenolic OH excluding ortho intramolecular Hbond substituents is 1. The van der Waals surface area contributed by atoms with E-state index in [4.69, 9.17) is 0 Å². The van der Waals surface area contributed by atoms with E-state index in [9.17, 15) is 23.1 Å². The minimum absolute atomic E-state index is 0.171. The number of hydrogen-bond donors (Lipinski definition) is 3. The lowest BCUT2D eigenvalue weighted by molar-refractivity contribution is -0.137. The van der Waals surface area contributed by atoms with Crippen molar-refractivity contribution in [1.29, 1.82) is 0 Å². The molecule has 0 saturated carbocycles. The summed E-state index contributed by atoms with van der Waals surface area (Å²) in [7, 11) is 0. The molecule has 192 valence electrons. The third-order valence-electron chi connectivity index (χ3n) is 5.74. The van der Waals surface area contributed by atoms with Crippen LogP contribution in [-0.2, 0) is 19.3 Å². The minimum Gasteiger partial charge on any atom is -0.507 e. The smallest absolute Gasteiger partial charge is 0.416 e. The summed E-state index contributed by atoms with van der Waals surface area (Å²) in [5.74, 6) is -0.125. The Hall–Kier alpha value is -3.52. The van der Waals surface area contributed by atoms with E-state index in [0.29, 0.717) is 29.0 Å². The van der Waals surface area contributed by atoms with E-state index in [1.54, 1.807) is 36.4 Å². The number of alkyl halides is 3. The fourth-order valence-corrected chi connectivity index (χ4v) is 3.98. The maximum atomic E-state index is 12.9. The van der Waals surface area contributed by atoms with Crippen LogP contribution in [0, 0.1) is 0 Å². The number of aromatic hydroxyl groups is 1. The standard InChI is InChI=1S/C28H32F3N3O2/c1-3-15-34(16-4-2)19-22-8-5-7-21(26(22)35)18-32-27(36)20-11-13-24(14-12-20)33-25-10-6-9-23(17-25)28(29,30)31/h5-14,17,33,35H,3-4,15-16,18-19H2,1-2H3,(H,32,36). The van der Waals surface area contributed by atoms with Crippen LogP contribution in [0.2, 0.25) is 0 Å². The van der Waals surface area contributed by atoms with E-state index in [1.165, 1.54) is 6.07 Å². The Morgan fingerprint density at radius 2 is 1.53 bits per heavy atom. The van der Waals surface area contributed by atoms with Crippen molar-refractivity contribution >= 4 is 17.3 Å². The number of amides is 1. The first-order valence-corrected chi connectivity index (χ1v) is 12.1. The second-order valence-electron chi connectivity index (χ2n) is 8.66. The Kier molecular flexibility index (Phi) is 9.36. The molecule has 0 bridgehead atoms. The zero-order chi connectivity index (χ0) is 26.1. The summed E-state index contributed by atoms with van der Waals surface area (Å²) in [6.07, 6.45) is -2.35. The lowest BCUT2D eigenvalue weighted by Gasteiger charge is -2.22. The monoisotopic (exact) mass is 499 g/mol. The molecule has 3 aromatic carbocycles. The van der Waals surface area contributed by atoms with Gasteiger partial charge >= 0.3 is 6.18 Å². The highest BCUT2D eigenvalue weighted by Gasteiger charge is 2.30. The summed E-state index contributed by atoms with van der Waals surface area (Å²) >= 11 is 0. The maximum absolute atomic E-state index is 12.9. The van der Waals surface area contributed by atoms with Crippen LogP contribution in [0.4, 0.5) is 24.5 Å². The first-order chi connectivity index (χ1) is 17.2. The number of anilines is 2. The lowest BCUT2D eigenvalue weighted by atomic mass is 10.1. The van der Waals surface area contributed by atoms with Gasteiger partial charge in [0.1, 0.15) is 5.75 Å². The first-order valence-electron chi connectivity index (χ1n) is 12.1. The topological polar surface area (TPSA) is 64.6 Å². The normalized spacial score (nSPS) is 11.5. The first kappa shape index (κ1) is 27.1. The molecule has 3 N–H and O–H groups in total. The molecule has 0 atom stereocenters. The van der Waals surface area contributed by atoms with Gasteiger partial charge in [-0.25, -0.2) is 0 Å². The quantitative estimate of drug-likeness (QED) is 0.275. The molecule has 0 heterocycles. The molecule has 0 aromatic heterocycles. The number of nitrogens with one attached hydrogen (secondary N) is 2. The molecule has 0 saturated heterocycles. The number of hydrogen-bond acceptors (Lipinski definition) is 4. The zero-order valence-corrected chi connectivity index (χ0v) is 20.5. The zero-order valence-electron chi connectivity index (χ0n) is 20.5. The molecule has 5 nitrogen and oxygen atoms in total. The average Bonchev–Trinajstić information content (AvgIpc) is 2.85. The highest BCUT2D eigenvalue weighted by molar-refractivity contribution is 5.94. The van der Waals surface area contributed by atoms with Gasteiger partial charge in [-0.3, -0.25) is 9.69 Å². The Labute approximate surface area is 210 Å². The van der Waals surface area contributed by atoms with Gasteiger partial charge in [-0.2, -0.15) is 13.2 Å². The second-order valence-corrected chi connectivity index (χ2v) is 8.66. The van der Waals surface area contributed by atoms with Crippen LogP contribution >= 0.6 is 0 Å². The molecular formula is C28H32F3N3O2. The minimum atomic E-state index is -4.42. The SMILES string of the molecule is CCCN(CCC)Cc1cccc(CNC(=O)c2ccc(Nc3cccc(C(F)(F)F)c3)cc2)c1O. The predicted octanol–water partition coefficient (Wildman–Crippen LogP) is 6.71. The third-order valence-corrected chi connectivity index (χ3v) is 5.74. The maximum Gasteiger partial charge on any atom is 0.416 e. The summed E-state index contributed by atoms with van der Waals surface area (Å²) in [6, 6.07) is 16.9. The number of nitrogens with zero attached hydrogens (tertiary/aromatic N) is 1. The molecule has 1 amide bonds. The van der Waals surface area contributed by atoms with E-state index in [-0.39, 0.29) is 18.2 Å². The highest BCUT2D eigenvalue weighted by Crippen LogP contribution is 2.31. The number of carbonyl (C=O) groups is 1. The molecule has 0 spiro atoms. The van der Waals surface area contributed by atoms with Gasteiger partial charge in [0.15, 0.2) is 0 Å². The summed E-state index contributed by atoms with van der Waals surface area (Å²) in [6.45, 7) is 6.98. The average molecular weight is 500 g/mol. The van der Waals surface area contributed by atoms with Crippen molar-refractivity contribution in [2.75, 3.05) is 18.4 Å². The summed E-state index contributed by atoms with van der Waals surface area (Å²) in [4.78, 5) is 14.9. The Morgan fingerprint density at radius 3 is 2.17 bits per heavy atom. The van der Waals surface area contributed by atoms with Crippen molar-refractivity contribution in [1.82, 2.24) is 10.2 Å². The van der Waals surface area contributed by atoms with Crippen LogP contribution in [0.25, 0.3) is 0 Å². The summed E-state index contributed by atoms with van der Waals surface area (Å²) in [5, 5.41) is 16.5. The molecule has 0 aliphatic heterocycles. The second kappa shape index (κ2) is 12.4.